The Balaban J connectivity index is 1.60. The molecule has 0 spiro atoms. The van der Waals surface area contributed by atoms with Crippen molar-refractivity contribution in [3.8, 4) is 11.5 Å². The highest BCUT2D eigenvalue weighted by Gasteiger charge is 2.11. The predicted molar refractivity (Wildman–Crippen MR) is 108 cm³/mol. The summed E-state index contributed by atoms with van der Waals surface area (Å²) in [4.78, 5) is 13.2. The van der Waals surface area contributed by atoms with Crippen LogP contribution in [0.4, 0.5) is 17.6 Å². The fourth-order valence-electron chi connectivity index (χ4n) is 2.64. The fourth-order valence-corrected chi connectivity index (χ4v) is 2.64. The molecule has 0 saturated heterocycles. The van der Waals surface area contributed by atoms with Crippen LogP contribution in [0.2, 0.25) is 0 Å². The first-order valence-electron chi connectivity index (χ1n) is 8.70. The predicted octanol–water partition coefficient (Wildman–Crippen LogP) is 2.85. The number of benzene rings is 1. The second kappa shape index (κ2) is 8.39. The van der Waals surface area contributed by atoms with Crippen molar-refractivity contribution in [1.82, 2.24) is 15.0 Å². The molecule has 2 heterocycles. The van der Waals surface area contributed by atoms with E-state index in [4.69, 9.17) is 15.2 Å². The van der Waals surface area contributed by atoms with Gasteiger partial charge in [-0.25, -0.2) is 9.97 Å². The third-order valence-corrected chi connectivity index (χ3v) is 4.08. The quantitative estimate of drug-likeness (QED) is 0.521. The minimum absolute atomic E-state index is 0.394. The number of hydrogen-bond donors (Lipinski definition) is 3. The van der Waals surface area contributed by atoms with Gasteiger partial charge < -0.3 is 25.8 Å². The zero-order valence-corrected chi connectivity index (χ0v) is 15.7. The van der Waals surface area contributed by atoms with Crippen LogP contribution < -0.4 is 25.8 Å². The largest absolute Gasteiger partial charge is 0.493 e. The van der Waals surface area contributed by atoms with Crippen molar-refractivity contribution in [3.05, 3.63) is 36.0 Å². The van der Waals surface area contributed by atoms with Crippen molar-refractivity contribution in [3.63, 3.8) is 0 Å². The molecule has 0 fully saturated rings. The van der Waals surface area contributed by atoms with Crippen molar-refractivity contribution < 1.29 is 9.47 Å². The van der Waals surface area contributed by atoms with Crippen LogP contribution in [0.15, 0.2) is 30.5 Å². The molecule has 0 unspecified atom stereocenters. The number of nitrogen functional groups attached to an aromatic ring is 1. The molecule has 0 radical (unpaired) electrons. The lowest BCUT2D eigenvalue weighted by Gasteiger charge is -2.12. The number of nitrogens with two attached hydrogens (primary N) is 1. The molecule has 8 heteroatoms. The zero-order chi connectivity index (χ0) is 19.2. The molecule has 0 aliphatic rings. The number of aryl methyl sites for hydroxylation is 1. The molecule has 27 heavy (non-hydrogen) atoms. The van der Waals surface area contributed by atoms with Crippen molar-refractivity contribution >= 4 is 28.5 Å². The number of methoxy groups -OCH3 is 2. The standard InChI is InChI=1S/C19H24N6O2/c1-12-5-6-17(23-11-12)21-7-4-8-22-19-24-14-10-16(27-3)15(26-2)9-13(14)18(20)25-19/h5-6,9-11H,4,7-8H2,1-3H3,(H,21,23)(H3,20,22,24,25). The Bertz CT molecular complexity index is 914. The number of nitrogens with zero attached hydrogens (tertiary/aromatic N) is 3. The molecule has 0 atom stereocenters. The Kier molecular flexibility index (Phi) is 5.75. The molecule has 0 aliphatic carbocycles. The second-order valence-electron chi connectivity index (χ2n) is 6.08. The first kappa shape index (κ1) is 18.5. The third-order valence-electron chi connectivity index (χ3n) is 4.08. The van der Waals surface area contributed by atoms with E-state index in [9.17, 15) is 0 Å². The van der Waals surface area contributed by atoms with Crippen molar-refractivity contribution in [2.45, 2.75) is 13.3 Å². The molecular formula is C19H24N6O2. The monoisotopic (exact) mass is 368 g/mol. The second-order valence-corrected chi connectivity index (χ2v) is 6.08. The smallest absolute Gasteiger partial charge is 0.225 e. The molecule has 3 aromatic rings. The van der Waals surface area contributed by atoms with Gasteiger partial charge in [-0.1, -0.05) is 6.07 Å². The van der Waals surface area contributed by atoms with Gasteiger partial charge in [0.1, 0.15) is 11.6 Å². The summed E-state index contributed by atoms with van der Waals surface area (Å²) in [6.45, 7) is 3.51. The van der Waals surface area contributed by atoms with Gasteiger partial charge in [-0.2, -0.15) is 4.98 Å². The van der Waals surface area contributed by atoms with Gasteiger partial charge in [0, 0.05) is 30.7 Å². The minimum atomic E-state index is 0.394. The van der Waals surface area contributed by atoms with E-state index in [-0.39, 0.29) is 0 Å². The number of pyridine rings is 1. The summed E-state index contributed by atoms with van der Waals surface area (Å²) in [5.74, 6) is 2.94. The van der Waals surface area contributed by atoms with E-state index in [1.165, 1.54) is 0 Å². The van der Waals surface area contributed by atoms with Crippen molar-refractivity contribution in [1.29, 1.82) is 0 Å². The van der Waals surface area contributed by atoms with E-state index in [0.717, 1.165) is 29.7 Å². The number of hydrogen-bond acceptors (Lipinski definition) is 8. The maximum absolute atomic E-state index is 6.08. The fraction of sp³-hybridized carbons (Fsp3) is 0.316. The molecule has 142 valence electrons. The van der Waals surface area contributed by atoms with E-state index >= 15 is 0 Å². The number of ether oxygens (including phenoxy) is 2. The summed E-state index contributed by atoms with van der Waals surface area (Å²) in [5, 5.41) is 7.21. The molecule has 4 N–H and O–H groups in total. The van der Waals surface area contributed by atoms with Crippen LogP contribution in [-0.4, -0.2) is 42.3 Å². The van der Waals surface area contributed by atoms with E-state index in [1.807, 2.05) is 25.3 Å². The SMILES string of the molecule is COc1cc2nc(NCCCNc3ccc(C)cn3)nc(N)c2cc1OC. The van der Waals surface area contributed by atoms with Gasteiger partial charge >= 0.3 is 0 Å². The highest BCUT2D eigenvalue weighted by molar-refractivity contribution is 5.91. The summed E-state index contributed by atoms with van der Waals surface area (Å²) in [6.07, 6.45) is 2.72. The minimum Gasteiger partial charge on any atom is -0.493 e. The van der Waals surface area contributed by atoms with E-state index < -0.39 is 0 Å². The number of rotatable bonds is 8. The molecule has 0 amide bonds. The van der Waals surface area contributed by atoms with Crippen LogP contribution in [0.25, 0.3) is 10.9 Å². The Labute approximate surface area is 158 Å². The van der Waals surface area contributed by atoms with E-state index in [0.29, 0.717) is 35.3 Å². The number of aromatic nitrogens is 3. The summed E-state index contributed by atoms with van der Waals surface area (Å²) in [7, 11) is 3.17. The Morgan fingerprint density at radius 2 is 1.74 bits per heavy atom. The maximum Gasteiger partial charge on any atom is 0.225 e. The third kappa shape index (κ3) is 4.46. The maximum atomic E-state index is 6.08. The Hall–Kier alpha value is -3.29. The van der Waals surface area contributed by atoms with E-state index in [1.54, 1.807) is 26.4 Å². The van der Waals surface area contributed by atoms with Gasteiger partial charge in [-0.05, 0) is 31.0 Å². The number of fused-ring (bicyclic) bond motifs is 1. The average Bonchev–Trinajstić information content (AvgIpc) is 2.68. The summed E-state index contributed by atoms with van der Waals surface area (Å²) in [5.41, 5.74) is 7.92. The Morgan fingerprint density at radius 3 is 2.44 bits per heavy atom. The van der Waals surface area contributed by atoms with Crippen LogP contribution in [0, 0.1) is 6.92 Å². The van der Waals surface area contributed by atoms with Crippen LogP contribution in [0.3, 0.4) is 0 Å². The van der Waals surface area contributed by atoms with Crippen LogP contribution >= 0.6 is 0 Å². The van der Waals surface area contributed by atoms with Gasteiger partial charge in [0.05, 0.1) is 19.7 Å². The first-order valence-corrected chi connectivity index (χ1v) is 8.70. The van der Waals surface area contributed by atoms with Crippen molar-refractivity contribution in [2.75, 3.05) is 43.7 Å². The van der Waals surface area contributed by atoms with Gasteiger partial charge in [0.25, 0.3) is 0 Å². The normalized spacial score (nSPS) is 10.6. The van der Waals surface area contributed by atoms with Crippen molar-refractivity contribution in [2.24, 2.45) is 0 Å². The zero-order valence-electron chi connectivity index (χ0n) is 15.7. The first-order chi connectivity index (χ1) is 13.1. The Morgan fingerprint density at radius 1 is 1.00 bits per heavy atom. The molecular weight excluding hydrogens is 344 g/mol. The lowest BCUT2D eigenvalue weighted by atomic mass is 10.2. The van der Waals surface area contributed by atoms with Crippen LogP contribution in [0.5, 0.6) is 11.5 Å². The lowest BCUT2D eigenvalue weighted by molar-refractivity contribution is 0.356. The molecule has 2 aromatic heterocycles. The summed E-state index contributed by atoms with van der Waals surface area (Å²) in [6, 6.07) is 7.58. The average molecular weight is 368 g/mol. The van der Waals surface area contributed by atoms with Gasteiger partial charge in [-0.3, -0.25) is 0 Å². The molecule has 8 nitrogen and oxygen atoms in total. The molecule has 1 aromatic carbocycles. The van der Waals surface area contributed by atoms with Gasteiger partial charge in [0.15, 0.2) is 11.5 Å². The number of anilines is 3. The highest BCUT2D eigenvalue weighted by atomic mass is 16.5. The highest BCUT2D eigenvalue weighted by Crippen LogP contribution is 2.33. The topological polar surface area (TPSA) is 107 Å². The van der Waals surface area contributed by atoms with Gasteiger partial charge in [-0.15, -0.1) is 0 Å². The van der Waals surface area contributed by atoms with Crippen LogP contribution in [0.1, 0.15) is 12.0 Å². The van der Waals surface area contributed by atoms with Crippen LogP contribution in [-0.2, 0) is 0 Å². The molecule has 0 bridgehead atoms. The van der Waals surface area contributed by atoms with E-state index in [2.05, 4.69) is 25.6 Å². The molecule has 3 rings (SSSR count). The molecule has 0 aliphatic heterocycles. The number of nitrogens with one attached hydrogen (secondary N) is 2. The lowest BCUT2D eigenvalue weighted by Crippen LogP contribution is -2.12. The molecule has 0 saturated carbocycles. The summed E-state index contributed by atoms with van der Waals surface area (Å²) >= 11 is 0. The summed E-state index contributed by atoms with van der Waals surface area (Å²) < 4.78 is 10.6. The van der Waals surface area contributed by atoms with Gasteiger partial charge in [0.2, 0.25) is 5.95 Å².